The third-order valence-electron chi connectivity index (χ3n) is 24.1. The third-order valence-corrected chi connectivity index (χ3v) is 25.1. The van der Waals surface area contributed by atoms with Gasteiger partial charge in [0.2, 0.25) is 82.7 Å². The van der Waals surface area contributed by atoms with E-state index < -0.39 is 235 Å². The smallest absolute Gasteiger partial charge is 0.246 e. The molecule has 14 atom stereocenters. The van der Waals surface area contributed by atoms with Gasteiger partial charge in [0.1, 0.15) is 48.3 Å². The molecule has 0 aliphatic carbocycles. The summed E-state index contributed by atoms with van der Waals surface area (Å²) in [5.74, 6) is -18.4. The van der Waals surface area contributed by atoms with E-state index in [1.807, 2.05) is 13.8 Å². The number of imidazole rings is 1. The Hall–Kier alpha value is -12.9. The van der Waals surface area contributed by atoms with Crippen LogP contribution in [0.3, 0.4) is 0 Å². The number of benzene rings is 3. The molecule has 6 aromatic rings. The highest BCUT2D eigenvalue weighted by atomic mass is 32.2. The van der Waals surface area contributed by atoms with Gasteiger partial charge in [-0.05, 0) is 80.2 Å². The molecule has 8 rings (SSSR count). The summed E-state index contributed by atoms with van der Waals surface area (Å²) in [6.45, 7) is 6.56. The maximum Gasteiger partial charge on any atom is 0.246 e. The highest BCUT2D eigenvalue weighted by Gasteiger charge is 2.45. The standard InChI is InChI=1S/C92H130N22O18S/c1-10-12-29-72-76(117)39-55(24-21-33-99-92(96)97)83(124)109-71(75(116)31-32-78(94)119)49-133-50-81(122)104-67(35-54-22-15-14-16-23-54)88(129)111(7)53(5)82(123)105-69(42-79(95)120)90(131)114-46-59(93)41-74(114)77(118)40-56(36-60-45-98-51-102-60)84(125)106-66(34-52(3)4)87(128)110(6)47-80(121)103-65(37-57-43-100-63-27-19-17-25-61(57)63)85(126)108-70(48-115)86(127)107-68(38-58-44-101-64-28-20-18-26-62(58)64)89(130)113(9)73(30-13-11-2)91(132)112(72)8/h14-20,22-23,25-28,43-45,51-53,55-56,59,65-74,100-101,115H,10-13,21,24,29-42,46-50,93H2,1-9H3,(H2,94,119)(H2,95,120)(H,98,102)(H,103,121)(H,104,122)(H,105,123)(H,106,125)(H,107,127)(H,108,126)(H,109,124)(H4,96,97,99)/t53-,55+,56+,59+,65-,66-,67-,68-,69-,70-,71-,72-,73-,74?/m0/s1. The van der Waals surface area contributed by atoms with Crippen molar-refractivity contribution in [2.45, 2.75) is 229 Å². The first kappa shape index (κ1) is 105. The van der Waals surface area contributed by atoms with Crippen molar-refractivity contribution in [3.63, 3.8) is 0 Å². The van der Waals surface area contributed by atoms with Crippen molar-refractivity contribution in [1.82, 2.24) is 87.0 Å². The molecular weight excluding hydrogens is 1730 g/mol. The van der Waals surface area contributed by atoms with Gasteiger partial charge in [0.05, 0.1) is 55.7 Å². The van der Waals surface area contributed by atoms with E-state index in [1.54, 1.807) is 105 Å². The van der Waals surface area contributed by atoms with Gasteiger partial charge in [-0.1, -0.05) is 120 Å². The van der Waals surface area contributed by atoms with E-state index in [2.05, 4.69) is 62.5 Å². The van der Waals surface area contributed by atoms with Crippen LogP contribution in [-0.2, 0) is 107 Å². The van der Waals surface area contributed by atoms with Crippen LogP contribution in [0.1, 0.15) is 153 Å². The second-order valence-corrected chi connectivity index (χ2v) is 35.9. The van der Waals surface area contributed by atoms with E-state index in [4.69, 9.17) is 28.3 Å². The molecule has 1 unspecified atom stereocenters. The SMILES string of the molecule is CCCC[C@H]1C(=O)N(C)[C@@H](CCCC)C(=O)C[C@@H](CCCNC(=N)N)C(=O)N[C@H](C(=O)CCC(N)=O)CSCC(=O)N[C@@H](Cc2ccccc2)C(=O)N(C)[C@@H](C)C(=O)N[C@@H](CC(N)=O)C(=O)N2C[C@H](N)CC2C(=O)C[C@@H](Cc2cnc[nH]2)C(=O)N[C@@H](CC(C)C)C(=O)N(C)CC(=O)N[C@@H](Cc2c[nH]c3ccccc23)C(=O)N[C@@H](CO)C(=O)N[C@@H](Cc2c[nH]c3ccccc23)C(=O)N1C. The number of ketones is 3. The number of thioether (sulfide) groups is 1. The van der Waals surface area contributed by atoms with Crippen LogP contribution >= 0.6 is 11.8 Å². The molecule has 40 nitrogen and oxygen atoms in total. The van der Waals surface area contributed by atoms with Crippen LogP contribution < -0.4 is 65.5 Å². The number of rotatable bonds is 27. The number of guanidine groups is 1. The molecule has 14 amide bonds. The lowest BCUT2D eigenvalue weighted by molar-refractivity contribution is -0.149. The molecule has 3 aromatic carbocycles. The molecule has 2 fully saturated rings. The van der Waals surface area contributed by atoms with Crippen LogP contribution in [0, 0.1) is 23.2 Å². The number of Topliss-reactive ketones (excluding diaryl/α,β-unsaturated/α-hetero) is 3. The summed E-state index contributed by atoms with van der Waals surface area (Å²) >= 11 is 0.852. The molecule has 0 spiro atoms. The van der Waals surface area contributed by atoms with Gasteiger partial charge in [-0.25, -0.2) is 4.98 Å². The Morgan fingerprint density at radius 1 is 0.564 bits per heavy atom. The third kappa shape index (κ3) is 30.8. The summed E-state index contributed by atoms with van der Waals surface area (Å²) in [7, 11) is 5.33. The molecule has 5 heterocycles. The Morgan fingerprint density at radius 3 is 1.72 bits per heavy atom. The van der Waals surface area contributed by atoms with Gasteiger partial charge in [0, 0.05) is 156 Å². The second kappa shape index (κ2) is 51.2. The number of aromatic nitrogens is 4. The molecule has 41 heteroatoms. The number of carbonyl (C=O) groups is 17. The van der Waals surface area contributed by atoms with Crippen molar-refractivity contribution >= 4 is 140 Å². The maximum atomic E-state index is 15.7. The lowest BCUT2D eigenvalue weighted by Gasteiger charge is -2.36. The van der Waals surface area contributed by atoms with Gasteiger partial charge in [-0.2, -0.15) is 0 Å². The number of nitrogens with one attached hydrogen (secondary N) is 12. The zero-order chi connectivity index (χ0) is 97.4. The largest absolute Gasteiger partial charge is 0.394 e. The Balaban J connectivity index is 1.19. The number of aliphatic hydroxyl groups excluding tert-OH is 1. The van der Waals surface area contributed by atoms with Crippen LogP contribution in [0.2, 0.25) is 0 Å². The van der Waals surface area contributed by atoms with Crippen molar-refractivity contribution in [1.29, 1.82) is 5.41 Å². The molecule has 2 aliphatic heterocycles. The normalized spacial score (nSPS) is 24.1. The molecule has 2 saturated heterocycles. The highest BCUT2D eigenvalue weighted by molar-refractivity contribution is 8.00. The number of hydrogen-bond donors (Lipinski definition) is 17. The number of para-hydroxylation sites is 2. The predicted octanol–water partition coefficient (Wildman–Crippen LogP) is 0.214. The summed E-state index contributed by atoms with van der Waals surface area (Å²) in [5.41, 5.74) is 26.7. The van der Waals surface area contributed by atoms with Crippen LogP contribution in [0.25, 0.3) is 21.8 Å². The molecule has 133 heavy (non-hydrogen) atoms. The fraction of sp³-hybridized carbons (Fsp3) is 0.533. The van der Waals surface area contributed by atoms with E-state index in [0.29, 0.717) is 69.9 Å². The van der Waals surface area contributed by atoms with E-state index >= 15 is 38.4 Å². The van der Waals surface area contributed by atoms with Gasteiger partial charge < -0.3 is 110 Å². The van der Waals surface area contributed by atoms with Crippen LogP contribution in [0.4, 0.5) is 0 Å². The van der Waals surface area contributed by atoms with Gasteiger partial charge in [-0.15, -0.1) is 11.8 Å². The monoisotopic (exact) mass is 1860 g/mol. The minimum absolute atomic E-state index is 0.0127. The summed E-state index contributed by atoms with van der Waals surface area (Å²) < 4.78 is 0. The highest BCUT2D eigenvalue weighted by Crippen LogP contribution is 2.29. The number of aliphatic hydroxyl groups is 1. The first-order chi connectivity index (χ1) is 63.3. The van der Waals surface area contributed by atoms with Gasteiger partial charge in [0.15, 0.2) is 23.3 Å². The van der Waals surface area contributed by atoms with Crippen LogP contribution in [0.5, 0.6) is 0 Å². The van der Waals surface area contributed by atoms with E-state index in [1.165, 1.54) is 57.4 Å². The van der Waals surface area contributed by atoms with Crippen LogP contribution in [-0.4, -0.2) is 294 Å². The number of H-pyrrole nitrogens is 3. The molecule has 0 bridgehead atoms. The van der Waals surface area contributed by atoms with Crippen molar-refractivity contribution in [2.75, 3.05) is 65.9 Å². The fourth-order valence-electron chi connectivity index (χ4n) is 16.6. The minimum atomic E-state index is -1.84. The number of hydrogen-bond acceptors (Lipinski definition) is 22. The molecule has 722 valence electrons. The Bertz CT molecular complexity index is 5080. The fourth-order valence-corrected chi connectivity index (χ4v) is 17.5. The number of primary amides is 2. The number of nitrogens with two attached hydrogens (primary N) is 4. The van der Waals surface area contributed by atoms with Crippen molar-refractivity contribution < 1.29 is 86.6 Å². The predicted molar refractivity (Wildman–Crippen MR) is 497 cm³/mol. The van der Waals surface area contributed by atoms with Crippen molar-refractivity contribution in [3.05, 3.63) is 126 Å². The van der Waals surface area contributed by atoms with Gasteiger partial charge in [-0.3, -0.25) is 86.9 Å². The number of aromatic amines is 3. The van der Waals surface area contributed by atoms with Gasteiger partial charge >= 0.3 is 0 Å². The number of unbranched alkanes of at least 4 members (excludes halogenated alkanes) is 2. The Labute approximate surface area is 776 Å². The Morgan fingerprint density at radius 2 is 1.12 bits per heavy atom. The molecule has 3 aromatic heterocycles. The zero-order valence-corrected chi connectivity index (χ0v) is 77.8. The summed E-state index contributed by atoms with van der Waals surface area (Å²) in [6, 6.07) is 5.45. The lowest BCUT2D eigenvalue weighted by Crippen LogP contribution is -2.60. The minimum Gasteiger partial charge on any atom is -0.394 e. The average molecular weight is 1860 g/mol. The van der Waals surface area contributed by atoms with Gasteiger partial charge in [0.25, 0.3) is 0 Å². The number of amides is 14. The molecule has 0 saturated carbocycles. The quantitative estimate of drug-likeness (QED) is 0.0186. The number of nitrogens with zero attached hydrogens (tertiary/aromatic N) is 6. The first-order valence-electron chi connectivity index (χ1n) is 45.1. The Kier molecular flexibility index (Phi) is 40.6. The first-order valence-corrected chi connectivity index (χ1v) is 46.2. The van der Waals surface area contributed by atoms with E-state index in [9.17, 15) is 48.3 Å². The van der Waals surface area contributed by atoms with Crippen molar-refractivity contribution in [2.24, 2.45) is 40.7 Å². The van der Waals surface area contributed by atoms with Crippen LogP contribution in [0.15, 0.2) is 104 Å². The molecular formula is C92H130N22O18S. The molecule has 21 N–H and O–H groups in total. The lowest BCUT2D eigenvalue weighted by atomic mass is 9.90. The topological polar surface area (TPSA) is 611 Å². The number of likely N-dealkylation sites (N-methyl/N-ethyl adjacent to an activating group) is 4. The number of carbonyl (C=O) groups excluding carboxylic acids is 17. The van der Waals surface area contributed by atoms with Crippen molar-refractivity contribution in [3.8, 4) is 0 Å². The average Bonchev–Trinajstić information content (AvgIpc) is 1.43. The molecule has 2 aliphatic rings. The maximum absolute atomic E-state index is 15.7. The number of fused-ring (bicyclic) bond motifs is 3. The summed E-state index contributed by atoms with van der Waals surface area (Å²) in [6.07, 6.45) is 4.15. The zero-order valence-electron chi connectivity index (χ0n) is 76.9. The van der Waals surface area contributed by atoms with E-state index in [-0.39, 0.29) is 94.9 Å². The van der Waals surface area contributed by atoms with E-state index in [0.717, 1.165) is 26.5 Å². The summed E-state index contributed by atoms with van der Waals surface area (Å²) in [4.78, 5) is 269. The summed E-state index contributed by atoms with van der Waals surface area (Å²) in [5, 5.41) is 41.9. The molecule has 0 radical (unpaired) electrons. The second-order valence-electron chi connectivity index (χ2n) is 34.8.